The van der Waals surface area contributed by atoms with E-state index in [0.29, 0.717) is 27.4 Å². The highest BCUT2D eigenvalue weighted by molar-refractivity contribution is 7.99. The lowest BCUT2D eigenvalue weighted by Crippen LogP contribution is -2.49. The van der Waals surface area contributed by atoms with E-state index in [-0.39, 0.29) is 23.6 Å². The largest absolute Gasteiger partial charge is 0.352 e. The third kappa shape index (κ3) is 7.38. The van der Waals surface area contributed by atoms with Crippen molar-refractivity contribution < 1.29 is 9.59 Å². The van der Waals surface area contributed by atoms with E-state index in [0.717, 1.165) is 11.1 Å². The van der Waals surface area contributed by atoms with Gasteiger partial charge in [0.15, 0.2) is 0 Å². The van der Waals surface area contributed by atoms with Crippen LogP contribution in [0.4, 0.5) is 0 Å². The average Bonchev–Trinajstić information content (AvgIpc) is 2.68. The Kier molecular flexibility index (Phi) is 9.82. The molecule has 0 saturated heterocycles. The number of carbonyl (C=O) groups is 2. The molecular formula is C22H25Cl3N2O2S. The molecule has 2 amide bonds. The van der Waals surface area contributed by atoms with E-state index in [9.17, 15) is 9.59 Å². The van der Waals surface area contributed by atoms with Crippen molar-refractivity contribution in [3.8, 4) is 0 Å². The van der Waals surface area contributed by atoms with E-state index in [2.05, 4.69) is 5.32 Å². The molecule has 4 nitrogen and oxygen atoms in total. The number of hydrogen-bond donors (Lipinski definition) is 1. The minimum atomic E-state index is -0.611. The number of hydrogen-bond acceptors (Lipinski definition) is 3. The van der Waals surface area contributed by atoms with Gasteiger partial charge in [0.1, 0.15) is 6.04 Å². The van der Waals surface area contributed by atoms with Crippen LogP contribution < -0.4 is 5.32 Å². The molecule has 2 rings (SSSR count). The molecule has 0 aliphatic carbocycles. The van der Waals surface area contributed by atoms with Gasteiger partial charge in [-0.05, 0) is 56.2 Å². The molecule has 30 heavy (non-hydrogen) atoms. The standard InChI is InChI=1S/C22H25Cl3N2O2S/c1-14(2)26-22(29)15(3)27(11-16-7-9-17(23)10-8-16)21(28)13-30-12-18-19(24)5-4-6-20(18)25/h4-10,14-15H,11-13H2,1-3H3,(H,26,29)/t15-/m1/s1. The second-order valence-corrected chi connectivity index (χ2v) is 9.42. The molecule has 0 saturated carbocycles. The van der Waals surface area contributed by atoms with Crippen molar-refractivity contribution in [1.29, 1.82) is 0 Å². The summed E-state index contributed by atoms with van der Waals surface area (Å²) in [5.74, 6) is 0.385. The number of thioether (sulfide) groups is 1. The molecule has 1 N–H and O–H groups in total. The summed E-state index contributed by atoms with van der Waals surface area (Å²) in [5, 5.41) is 4.64. The third-order valence-electron chi connectivity index (χ3n) is 4.40. The van der Waals surface area contributed by atoms with Gasteiger partial charge in [-0.2, -0.15) is 0 Å². The summed E-state index contributed by atoms with van der Waals surface area (Å²) in [7, 11) is 0. The molecule has 8 heteroatoms. The number of halogens is 3. The van der Waals surface area contributed by atoms with Crippen LogP contribution in [0.5, 0.6) is 0 Å². The molecule has 2 aromatic rings. The number of benzene rings is 2. The highest BCUT2D eigenvalue weighted by Crippen LogP contribution is 2.28. The molecule has 0 fully saturated rings. The van der Waals surface area contributed by atoms with Gasteiger partial charge in [-0.25, -0.2) is 0 Å². The molecule has 162 valence electrons. The predicted molar refractivity (Wildman–Crippen MR) is 127 cm³/mol. The number of rotatable bonds is 9. The predicted octanol–water partition coefficient (Wildman–Crippen LogP) is 5.82. The van der Waals surface area contributed by atoms with Crippen LogP contribution in [0.2, 0.25) is 15.1 Å². The fraction of sp³-hybridized carbons (Fsp3) is 0.364. The molecule has 0 bridgehead atoms. The highest BCUT2D eigenvalue weighted by atomic mass is 35.5. The Morgan fingerprint density at radius 1 is 1.00 bits per heavy atom. The van der Waals surface area contributed by atoms with E-state index in [1.54, 1.807) is 42.2 Å². The van der Waals surface area contributed by atoms with Crippen LogP contribution in [0, 0.1) is 0 Å². The van der Waals surface area contributed by atoms with Gasteiger partial charge in [0.25, 0.3) is 0 Å². The summed E-state index contributed by atoms with van der Waals surface area (Å²) in [5.41, 5.74) is 1.70. The Labute approximate surface area is 197 Å². The van der Waals surface area contributed by atoms with Crippen LogP contribution >= 0.6 is 46.6 Å². The average molecular weight is 488 g/mol. The first-order chi connectivity index (χ1) is 14.2. The summed E-state index contributed by atoms with van der Waals surface area (Å²) in [6.07, 6.45) is 0. The Morgan fingerprint density at radius 3 is 2.17 bits per heavy atom. The zero-order chi connectivity index (χ0) is 22.3. The molecular weight excluding hydrogens is 463 g/mol. The smallest absolute Gasteiger partial charge is 0.242 e. The first-order valence-electron chi connectivity index (χ1n) is 9.54. The maximum Gasteiger partial charge on any atom is 0.242 e. The molecule has 1 atom stereocenters. The van der Waals surface area contributed by atoms with Gasteiger partial charge in [-0.15, -0.1) is 11.8 Å². The second-order valence-electron chi connectivity index (χ2n) is 7.18. The number of carbonyl (C=O) groups excluding carboxylic acids is 2. The maximum atomic E-state index is 13.0. The molecule has 0 heterocycles. The monoisotopic (exact) mass is 486 g/mol. The van der Waals surface area contributed by atoms with Crippen LogP contribution in [0.1, 0.15) is 31.9 Å². The van der Waals surface area contributed by atoms with Crippen molar-refractivity contribution in [2.75, 3.05) is 5.75 Å². The van der Waals surface area contributed by atoms with E-state index < -0.39 is 6.04 Å². The zero-order valence-corrected chi connectivity index (χ0v) is 20.2. The lowest BCUT2D eigenvalue weighted by Gasteiger charge is -2.29. The summed E-state index contributed by atoms with van der Waals surface area (Å²) in [4.78, 5) is 27.2. The SMILES string of the molecule is CC(C)NC(=O)[C@@H](C)N(Cc1ccc(Cl)cc1)C(=O)CSCc1c(Cl)cccc1Cl. The highest BCUT2D eigenvalue weighted by Gasteiger charge is 2.26. The van der Waals surface area contributed by atoms with Crippen molar-refractivity contribution >= 4 is 58.4 Å². The number of amides is 2. The second kappa shape index (κ2) is 11.8. The Bertz CT molecular complexity index is 855. The van der Waals surface area contributed by atoms with Gasteiger partial charge in [-0.3, -0.25) is 9.59 Å². The quantitative estimate of drug-likeness (QED) is 0.485. The molecule has 0 aliphatic rings. The maximum absolute atomic E-state index is 13.0. The van der Waals surface area contributed by atoms with Gasteiger partial charge >= 0.3 is 0 Å². The number of nitrogens with one attached hydrogen (secondary N) is 1. The first-order valence-corrected chi connectivity index (χ1v) is 11.8. The van der Waals surface area contributed by atoms with Crippen LogP contribution in [0.15, 0.2) is 42.5 Å². The van der Waals surface area contributed by atoms with Crippen molar-refractivity contribution in [3.05, 3.63) is 68.7 Å². The first kappa shape index (κ1) is 24.9. The van der Waals surface area contributed by atoms with Crippen molar-refractivity contribution in [1.82, 2.24) is 10.2 Å². The minimum absolute atomic E-state index is 0.0100. The molecule has 0 radical (unpaired) electrons. The van der Waals surface area contributed by atoms with Crippen LogP contribution in [0.25, 0.3) is 0 Å². The molecule has 0 aromatic heterocycles. The van der Waals surface area contributed by atoms with Crippen LogP contribution in [0.3, 0.4) is 0 Å². The number of nitrogens with zero attached hydrogens (tertiary/aromatic N) is 1. The summed E-state index contributed by atoms with van der Waals surface area (Å²) in [6.45, 7) is 5.83. The van der Waals surface area contributed by atoms with Gasteiger partial charge in [-0.1, -0.05) is 53.0 Å². The zero-order valence-electron chi connectivity index (χ0n) is 17.1. The van der Waals surface area contributed by atoms with Crippen molar-refractivity contribution in [2.45, 2.75) is 45.2 Å². The van der Waals surface area contributed by atoms with E-state index in [1.165, 1.54) is 11.8 Å². The van der Waals surface area contributed by atoms with E-state index >= 15 is 0 Å². The molecule has 0 spiro atoms. The Morgan fingerprint density at radius 2 is 1.60 bits per heavy atom. The fourth-order valence-electron chi connectivity index (χ4n) is 2.77. The fourth-order valence-corrected chi connectivity index (χ4v) is 4.54. The van der Waals surface area contributed by atoms with Crippen LogP contribution in [-0.2, 0) is 21.9 Å². The van der Waals surface area contributed by atoms with Crippen molar-refractivity contribution in [3.63, 3.8) is 0 Å². The lowest BCUT2D eigenvalue weighted by atomic mass is 10.1. The van der Waals surface area contributed by atoms with Gasteiger partial charge in [0.2, 0.25) is 11.8 Å². The molecule has 2 aromatic carbocycles. The van der Waals surface area contributed by atoms with Gasteiger partial charge < -0.3 is 10.2 Å². The van der Waals surface area contributed by atoms with E-state index in [4.69, 9.17) is 34.8 Å². The normalized spacial score (nSPS) is 12.0. The summed E-state index contributed by atoms with van der Waals surface area (Å²) in [6, 6.07) is 12.0. The topological polar surface area (TPSA) is 49.4 Å². The minimum Gasteiger partial charge on any atom is -0.352 e. The third-order valence-corrected chi connectivity index (χ3v) is 6.30. The summed E-state index contributed by atoms with van der Waals surface area (Å²) < 4.78 is 0. The Balaban J connectivity index is 2.10. The molecule has 0 aliphatic heterocycles. The lowest BCUT2D eigenvalue weighted by molar-refractivity contribution is -0.138. The van der Waals surface area contributed by atoms with E-state index in [1.807, 2.05) is 26.0 Å². The molecule has 0 unspecified atom stereocenters. The van der Waals surface area contributed by atoms with Gasteiger partial charge in [0.05, 0.1) is 5.75 Å². The van der Waals surface area contributed by atoms with Gasteiger partial charge in [0, 0.05) is 33.4 Å². The summed E-state index contributed by atoms with van der Waals surface area (Å²) >= 11 is 19.8. The Hall–Kier alpha value is -1.40. The van der Waals surface area contributed by atoms with Crippen molar-refractivity contribution in [2.24, 2.45) is 0 Å². The van der Waals surface area contributed by atoms with Crippen LogP contribution in [-0.4, -0.2) is 34.6 Å².